The van der Waals surface area contributed by atoms with Gasteiger partial charge in [0.25, 0.3) is 17.7 Å². The van der Waals surface area contributed by atoms with Crippen molar-refractivity contribution in [2.24, 2.45) is 44.3 Å². The number of aromatic nitrogens is 12. The number of carbonyl (C=O) groups excluding carboxylic acids is 3. The molecule has 0 aliphatic carbocycles. The number of halogens is 3. The Hall–Kier alpha value is -10.7. The lowest BCUT2D eigenvalue weighted by atomic mass is 9.85. The number of hydrogen-bond donors (Lipinski definition) is 15. The fourth-order valence-corrected chi connectivity index (χ4v) is 8.35. The van der Waals surface area contributed by atoms with E-state index in [9.17, 15) is 27.6 Å². The van der Waals surface area contributed by atoms with Gasteiger partial charge in [0.2, 0.25) is 35.7 Å². The van der Waals surface area contributed by atoms with Crippen LogP contribution in [0.3, 0.4) is 0 Å². The lowest BCUT2D eigenvalue weighted by Crippen LogP contribution is -2.34. The minimum absolute atomic E-state index is 0.0224. The van der Waals surface area contributed by atoms with Crippen LogP contribution in [-0.4, -0.2) is 114 Å². The average molecular weight is 1410 g/mol. The van der Waals surface area contributed by atoms with Crippen molar-refractivity contribution in [1.82, 2.24) is 59.8 Å². The molecule has 0 aliphatic heterocycles. The van der Waals surface area contributed by atoms with Crippen molar-refractivity contribution in [3.63, 3.8) is 0 Å². The Kier molecular flexibility index (Phi) is 33.2. The summed E-state index contributed by atoms with van der Waals surface area (Å²) in [6, 6.07) is 4.75. The molecule has 101 heavy (non-hydrogen) atoms. The molecule has 6 aromatic rings. The average Bonchev–Trinajstić information content (AvgIpc) is 0.825. The number of primary amides is 3. The maximum atomic E-state index is 12.9. The van der Waals surface area contributed by atoms with Crippen molar-refractivity contribution in [1.29, 1.82) is 10.5 Å². The Morgan fingerprint density at radius 3 is 0.891 bits per heavy atom. The molecule has 6 aromatic heterocycles. The van der Waals surface area contributed by atoms with Gasteiger partial charge in [0.1, 0.15) is 63.7 Å². The summed E-state index contributed by atoms with van der Waals surface area (Å²) in [6.07, 6.45) is 5.58. The molecule has 3 amide bonds. The Bertz CT molecular complexity index is 3750. The van der Waals surface area contributed by atoms with E-state index in [0.717, 1.165) is 12.8 Å². The molecule has 24 N–H and O–H groups in total. The maximum absolute atomic E-state index is 12.9. The molecule has 0 spiro atoms. The number of carbonyl (C=O) groups is 3. The van der Waals surface area contributed by atoms with Gasteiger partial charge in [0.15, 0.2) is 0 Å². The molecular weight excluding hydrogens is 1300 g/mol. The number of hydrogen-bond acceptors (Lipinski definition) is 29. The van der Waals surface area contributed by atoms with Gasteiger partial charge >= 0.3 is 6.18 Å². The largest absolute Gasteiger partial charge is 0.421 e. The van der Waals surface area contributed by atoms with Crippen molar-refractivity contribution in [3.05, 3.63) is 70.6 Å². The molecule has 556 valence electrons. The van der Waals surface area contributed by atoms with Gasteiger partial charge in [0, 0.05) is 61.0 Å². The standard InChI is InChI=1S/C12H19F3N4.C12H21N5O.C12H19N5.C11H19N5O.C11H17N5.C8H13N5O/c1-5-8(11(2,3)4)18-9-7(12(13,14)15)6-17-10(16)19-9;1-5-8(12(2,3)4)16-10-7(9(13)18)6-15-11(14)17-10;1-5-9(12(2,3)4)16-10-8(6-13)7-15-11(14)17-10;1-6(11(2,3)4)15-9-7(8(12)17)5-14-10(13)16-9;1-7(11(2,3)4)15-9-8(5-12)6-14-10(13)16-9;1-4(2)12-7-5(6(9)14)3-11-8(10)13-7/h6,8H,5H2,1-4H3,(H3,16,17,18,19);6,8H,5H2,1-4H3,(H2,13,18)(H3,14,15,16,17);7,9H,5H2,1-4H3,(H3,14,15,16,17);5-6H,1-4H3,(H2,12,17)(H3,13,14,15,16);6-7H,1-4H3,(H3,13,14,15,16);3-4H,1-2H3,(H2,9,14)(H3,10,11,12,13)/t2*8-;9-;6-;7-;/m00000./s1. The Morgan fingerprint density at radius 2 is 0.624 bits per heavy atom. The summed E-state index contributed by atoms with van der Waals surface area (Å²) in [7, 11) is 0. The molecule has 0 radical (unpaired) electrons. The molecule has 0 aromatic carbocycles. The van der Waals surface area contributed by atoms with Crippen molar-refractivity contribution in [2.45, 2.75) is 214 Å². The first-order chi connectivity index (χ1) is 46.2. The predicted octanol–water partition coefficient (Wildman–Crippen LogP) is 9.63. The maximum Gasteiger partial charge on any atom is 0.421 e. The molecule has 6 rings (SSSR count). The van der Waals surface area contributed by atoms with E-state index in [2.05, 4.69) is 195 Å². The van der Waals surface area contributed by atoms with E-state index in [1.165, 1.54) is 31.0 Å². The smallest absolute Gasteiger partial charge is 0.368 e. The van der Waals surface area contributed by atoms with E-state index in [1.807, 2.05) is 61.5 Å². The Balaban J connectivity index is 0.000000607. The highest BCUT2D eigenvalue weighted by Gasteiger charge is 2.37. The van der Waals surface area contributed by atoms with E-state index >= 15 is 0 Å². The first-order valence-electron chi connectivity index (χ1n) is 32.4. The van der Waals surface area contributed by atoms with Crippen LogP contribution >= 0.6 is 0 Å². The number of alkyl halides is 3. The van der Waals surface area contributed by atoms with Crippen LogP contribution in [0.5, 0.6) is 0 Å². The van der Waals surface area contributed by atoms with Crippen LogP contribution in [0.1, 0.15) is 219 Å². The van der Waals surface area contributed by atoms with Crippen LogP contribution in [0.2, 0.25) is 0 Å². The van der Waals surface area contributed by atoms with Gasteiger partial charge in [-0.3, -0.25) is 14.4 Å². The number of nitriles is 2. The molecule has 0 fully saturated rings. The normalized spacial score (nSPS) is 12.9. The van der Waals surface area contributed by atoms with Crippen LogP contribution in [0.25, 0.3) is 0 Å². The number of anilines is 12. The first kappa shape index (κ1) is 88.3. The van der Waals surface area contributed by atoms with Gasteiger partial charge < -0.3 is 83.5 Å². The van der Waals surface area contributed by atoms with Gasteiger partial charge in [-0.1, -0.05) is 125 Å². The van der Waals surface area contributed by atoms with E-state index in [-0.39, 0.29) is 122 Å². The van der Waals surface area contributed by atoms with Gasteiger partial charge in [-0.15, -0.1) is 0 Å². The van der Waals surface area contributed by atoms with E-state index < -0.39 is 29.5 Å². The fraction of sp³-hybridized carbons (Fsp3) is 0.561. The molecule has 0 saturated heterocycles. The summed E-state index contributed by atoms with van der Waals surface area (Å²) in [5, 5.41) is 36.5. The molecule has 32 nitrogen and oxygen atoms in total. The topological polar surface area (TPSA) is 560 Å². The van der Waals surface area contributed by atoms with Gasteiger partial charge in [-0.25, -0.2) is 29.9 Å². The van der Waals surface area contributed by atoms with Crippen molar-refractivity contribution < 1.29 is 27.6 Å². The number of amides is 3. The lowest BCUT2D eigenvalue weighted by molar-refractivity contribution is -0.137. The zero-order valence-electron chi connectivity index (χ0n) is 62.4. The highest BCUT2D eigenvalue weighted by molar-refractivity contribution is 5.98. The lowest BCUT2D eigenvalue weighted by Gasteiger charge is -2.31. The minimum atomic E-state index is -4.51. The van der Waals surface area contributed by atoms with Crippen molar-refractivity contribution >= 4 is 88.3 Å². The number of nitrogens with zero attached hydrogens (tertiary/aromatic N) is 14. The van der Waals surface area contributed by atoms with Crippen molar-refractivity contribution in [3.8, 4) is 12.1 Å². The summed E-state index contributed by atoms with van der Waals surface area (Å²) in [5.41, 5.74) is 49.2. The zero-order valence-corrected chi connectivity index (χ0v) is 62.4. The molecule has 6 heterocycles. The third-order valence-electron chi connectivity index (χ3n) is 15.2. The second-order valence-electron chi connectivity index (χ2n) is 28.9. The molecule has 5 atom stereocenters. The molecular formula is C66H108F3N29O3. The second kappa shape index (κ2) is 38.0. The SMILES string of the molecule is CC(C)Nc1nc(N)ncc1C(N)=O.CC[C@H](Nc1nc(N)ncc1C#N)C(C)(C)C.CC[C@H](Nc1nc(N)ncc1C(F)(F)F)C(C)(C)C.CC[C@H](Nc1nc(N)ncc1C(N)=O)C(C)(C)C.C[C@H](Nc1nc(N)ncc1C#N)C(C)(C)C.C[C@H](Nc1nc(N)ncc1C(N)=O)C(C)(C)C. The summed E-state index contributed by atoms with van der Waals surface area (Å²) >= 11 is 0. The summed E-state index contributed by atoms with van der Waals surface area (Å²) in [5.74, 6) is 0.688. The molecule has 0 aliphatic rings. The van der Waals surface area contributed by atoms with Crippen LogP contribution in [0, 0.1) is 49.7 Å². The van der Waals surface area contributed by atoms with Crippen LogP contribution < -0.4 is 83.5 Å². The Labute approximate surface area is 591 Å². The van der Waals surface area contributed by atoms with E-state index in [0.29, 0.717) is 52.8 Å². The predicted molar refractivity (Wildman–Crippen MR) is 394 cm³/mol. The third kappa shape index (κ3) is 30.5. The summed E-state index contributed by atoms with van der Waals surface area (Å²) in [6.45, 7) is 45.2. The summed E-state index contributed by atoms with van der Waals surface area (Å²) in [4.78, 5) is 79.5. The van der Waals surface area contributed by atoms with E-state index in [4.69, 9.17) is 62.1 Å². The molecule has 0 unspecified atom stereocenters. The van der Waals surface area contributed by atoms with Gasteiger partial charge in [0.05, 0.1) is 29.1 Å². The minimum Gasteiger partial charge on any atom is -0.368 e. The molecule has 0 saturated carbocycles. The number of nitrogen functional groups attached to an aromatic ring is 6. The summed E-state index contributed by atoms with van der Waals surface area (Å²) < 4.78 is 38.6. The van der Waals surface area contributed by atoms with Gasteiger partial charge in [-0.05, 0) is 74.0 Å². The monoisotopic (exact) mass is 1410 g/mol. The van der Waals surface area contributed by atoms with Crippen LogP contribution in [0.15, 0.2) is 37.2 Å². The zero-order chi connectivity index (χ0) is 78.1. The fourth-order valence-electron chi connectivity index (χ4n) is 8.35. The first-order valence-corrected chi connectivity index (χ1v) is 32.4. The van der Waals surface area contributed by atoms with Crippen molar-refractivity contribution in [2.75, 3.05) is 66.3 Å². The van der Waals surface area contributed by atoms with Crippen LogP contribution in [0.4, 0.5) is 83.8 Å². The van der Waals surface area contributed by atoms with Gasteiger partial charge in [-0.2, -0.15) is 53.6 Å². The Morgan fingerprint density at radius 1 is 0.386 bits per heavy atom. The van der Waals surface area contributed by atoms with E-state index in [1.54, 1.807) is 0 Å². The highest BCUT2D eigenvalue weighted by Crippen LogP contribution is 2.36. The number of rotatable bonds is 18. The molecule has 0 bridgehead atoms. The quantitative estimate of drug-likeness (QED) is 0.0380. The third-order valence-corrected chi connectivity index (χ3v) is 15.2. The highest BCUT2D eigenvalue weighted by atomic mass is 19.4. The number of nitrogens with two attached hydrogens (primary N) is 9. The van der Waals surface area contributed by atoms with Crippen LogP contribution in [-0.2, 0) is 6.18 Å². The molecule has 35 heteroatoms. The number of nitrogens with one attached hydrogen (secondary N) is 6. The second-order valence-corrected chi connectivity index (χ2v) is 28.9.